The number of alkyl halides is 3. The molecular formula is C21H18ClF3N4O3. The molecule has 3 amide bonds. The number of primary amides is 1. The fraction of sp³-hybridized carbons (Fsp3) is 0.143. The number of rotatable bonds is 5. The number of halogens is 4. The van der Waals surface area contributed by atoms with Gasteiger partial charge in [0.2, 0.25) is 5.91 Å². The molecule has 7 nitrogen and oxygen atoms in total. The van der Waals surface area contributed by atoms with Crippen LogP contribution in [0.25, 0.3) is 0 Å². The Labute approximate surface area is 186 Å². The number of benzene rings is 2. The lowest BCUT2D eigenvalue weighted by atomic mass is 10.1. The van der Waals surface area contributed by atoms with E-state index in [4.69, 9.17) is 22.1 Å². The van der Waals surface area contributed by atoms with Crippen molar-refractivity contribution in [2.45, 2.75) is 12.2 Å². The molecule has 0 saturated heterocycles. The number of carbonyl (C=O) groups excluding carboxylic acids is 2. The molecule has 32 heavy (non-hydrogen) atoms. The molecule has 0 radical (unpaired) electrons. The van der Waals surface area contributed by atoms with E-state index in [1.807, 2.05) is 0 Å². The van der Waals surface area contributed by atoms with Gasteiger partial charge in [-0.25, -0.2) is 4.79 Å². The first-order valence-electron chi connectivity index (χ1n) is 9.17. The first kappa shape index (κ1) is 23.0. The van der Waals surface area contributed by atoms with E-state index in [-0.39, 0.29) is 5.69 Å². The molecule has 0 bridgehead atoms. The summed E-state index contributed by atoms with van der Waals surface area (Å²) in [4.78, 5) is 25.2. The van der Waals surface area contributed by atoms with Crippen LogP contribution in [0, 0.1) is 0 Å². The Morgan fingerprint density at radius 1 is 1.09 bits per heavy atom. The molecule has 0 saturated carbocycles. The second-order valence-electron chi connectivity index (χ2n) is 6.80. The second-order valence-corrected chi connectivity index (χ2v) is 7.20. The summed E-state index contributed by atoms with van der Waals surface area (Å²) in [6, 6.07) is 7.94. The van der Waals surface area contributed by atoms with Crippen LogP contribution in [0.2, 0.25) is 5.02 Å². The van der Waals surface area contributed by atoms with Crippen LogP contribution in [0.4, 0.5) is 29.3 Å². The highest BCUT2D eigenvalue weighted by molar-refractivity contribution is 6.31. The Morgan fingerprint density at radius 2 is 1.72 bits per heavy atom. The van der Waals surface area contributed by atoms with Crippen molar-refractivity contribution in [3.05, 3.63) is 77.2 Å². The van der Waals surface area contributed by atoms with Gasteiger partial charge in [-0.05, 0) is 54.6 Å². The number of carbonyl (C=O) groups is 2. The number of anilines is 2. The normalized spacial score (nSPS) is 15.7. The van der Waals surface area contributed by atoms with Crippen molar-refractivity contribution in [1.82, 2.24) is 4.90 Å². The van der Waals surface area contributed by atoms with Crippen LogP contribution in [-0.2, 0) is 11.0 Å². The molecule has 168 valence electrons. The van der Waals surface area contributed by atoms with Gasteiger partial charge >= 0.3 is 12.2 Å². The Balaban J connectivity index is 1.61. The van der Waals surface area contributed by atoms with Crippen LogP contribution >= 0.6 is 11.6 Å². The van der Waals surface area contributed by atoms with Crippen molar-refractivity contribution in [2.75, 3.05) is 17.7 Å². The van der Waals surface area contributed by atoms with Crippen molar-refractivity contribution in [2.24, 2.45) is 5.73 Å². The third kappa shape index (κ3) is 5.73. The molecule has 1 aliphatic rings. The first-order chi connectivity index (χ1) is 15.0. The molecule has 1 heterocycles. The van der Waals surface area contributed by atoms with Gasteiger partial charge in [0, 0.05) is 24.6 Å². The SMILES string of the molecule is CN1C=CC(Oc2ccc(NC(=O)Nc3ccc(Cl)c(C(F)(F)F)c3)cc2)=CC1C(N)=O. The molecule has 2 aromatic rings. The Hall–Kier alpha value is -3.66. The monoisotopic (exact) mass is 466 g/mol. The van der Waals surface area contributed by atoms with Crippen LogP contribution in [0.5, 0.6) is 5.75 Å². The summed E-state index contributed by atoms with van der Waals surface area (Å²) in [6.45, 7) is 0. The Bertz CT molecular complexity index is 1080. The highest BCUT2D eigenvalue weighted by atomic mass is 35.5. The average Bonchev–Trinajstić information content (AvgIpc) is 2.71. The summed E-state index contributed by atoms with van der Waals surface area (Å²) in [5.74, 6) is 0.340. The standard InChI is InChI=1S/C21H18ClF3N4O3/c1-29-9-8-15(11-18(29)19(26)30)32-14-5-2-12(3-6-14)27-20(31)28-13-4-7-17(22)16(10-13)21(23,24)25/h2-11,18H,1H3,(H2,26,30)(H2,27,28,31). The van der Waals surface area contributed by atoms with Crippen molar-refractivity contribution in [1.29, 1.82) is 0 Å². The van der Waals surface area contributed by atoms with Crippen LogP contribution in [0.15, 0.2) is 66.6 Å². The molecule has 1 aliphatic heterocycles. The van der Waals surface area contributed by atoms with Gasteiger partial charge in [0.25, 0.3) is 0 Å². The van der Waals surface area contributed by atoms with Crippen LogP contribution < -0.4 is 21.1 Å². The number of nitrogens with one attached hydrogen (secondary N) is 2. The van der Waals surface area contributed by atoms with Crippen molar-refractivity contribution in [3.8, 4) is 5.75 Å². The fourth-order valence-electron chi connectivity index (χ4n) is 2.82. The summed E-state index contributed by atoms with van der Waals surface area (Å²) in [6.07, 6.45) is 0.256. The first-order valence-corrected chi connectivity index (χ1v) is 9.54. The van der Waals surface area contributed by atoms with E-state index in [1.54, 1.807) is 54.6 Å². The molecule has 2 aromatic carbocycles. The number of nitrogens with zero attached hydrogens (tertiary/aromatic N) is 1. The summed E-state index contributed by atoms with van der Waals surface area (Å²) in [5, 5.41) is 4.37. The van der Waals surface area contributed by atoms with Crippen molar-refractivity contribution in [3.63, 3.8) is 0 Å². The number of urea groups is 1. The molecule has 1 atom stereocenters. The number of hydrogen-bond donors (Lipinski definition) is 3. The summed E-state index contributed by atoms with van der Waals surface area (Å²) in [5.41, 5.74) is 4.61. The van der Waals surface area contributed by atoms with Crippen LogP contribution in [-0.4, -0.2) is 29.9 Å². The predicted molar refractivity (Wildman–Crippen MR) is 114 cm³/mol. The smallest absolute Gasteiger partial charge is 0.417 e. The zero-order chi connectivity index (χ0) is 23.5. The molecular weight excluding hydrogens is 449 g/mol. The lowest BCUT2D eigenvalue weighted by Crippen LogP contribution is -2.40. The van der Waals surface area contributed by atoms with Crippen molar-refractivity contribution >= 4 is 34.9 Å². The number of hydrogen-bond acceptors (Lipinski definition) is 4. The van der Waals surface area contributed by atoms with Crippen LogP contribution in [0.1, 0.15) is 5.56 Å². The summed E-state index contributed by atoms with van der Waals surface area (Å²) >= 11 is 5.57. The maximum absolute atomic E-state index is 12.9. The number of ether oxygens (including phenoxy) is 1. The predicted octanol–water partition coefficient (Wildman–Crippen LogP) is 4.58. The van der Waals surface area contributed by atoms with Gasteiger partial charge < -0.3 is 26.0 Å². The maximum atomic E-state index is 12.9. The second kappa shape index (κ2) is 9.23. The minimum absolute atomic E-state index is 0.0656. The minimum Gasteiger partial charge on any atom is -0.458 e. The zero-order valence-corrected chi connectivity index (χ0v) is 17.4. The molecule has 0 spiro atoms. The van der Waals surface area contributed by atoms with E-state index in [0.717, 1.165) is 12.1 Å². The molecule has 1 unspecified atom stereocenters. The summed E-state index contributed by atoms with van der Waals surface area (Å²) < 4.78 is 44.5. The van der Waals surface area contributed by atoms with Gasteiger partial charge in [-0.3, -0.25) is 4.79 Å². The van der Waals surface area contributed by atoms with Gasteiger partial charge in [-0.15, -0.1) is 0 Å². The van der Waals surface area contributed by atoms with Gasteiger partial charge in [0.05, 0.1) is 10.6 Å². The van der Waals surface area contributed by atoms with Gasteiger partial charge in [-0.2, -0.15) is 13.2 Å². The number of nitrogens with two attached hydrogens (primary N) is 1. The molecule has 4 N–H and O–H groups in total. The lowest BCUT2D eigenvalue weighted by molar-refractivity contribution is -0.137. The topological polar surface area (TPSA) is 96.7 Å². The fourth-order valence-corrected chi connectivity index (χ4v) is 3.04. The van der Waals surface area contributed by atoms with E-state index in [2.05, 4.69) is 10.6 Å². The van der Waals surface area contributed by atoms with E-state index >= 15 is 0 Å². The largest absolute Gasteiger partial charge is 0.458 e. The van der Waals surface area contributed by atoms with E-state index in [1.165, 1.54) is 6.07 Å². The van der Waals surface area contributed by atoms with Gasteiger partial charge in [-0.1, -0.05) is 11.6 Å². The molecule has 0 fully saturated rings. The van der Waals surface area contributed by atoms with Crippen molar-refractivity contribution < 1.29 is 27.5 Å². The lowest BCUT2D eigenvalue weighted by Gasteiger charge is -2.25. The van der Waals surface area contributed by atoms with Crippen LogP contribution in [0.3, 0.4) is 0 Å². The summed E-state index contributed by atoms with van der Waals surface area (Å²) in [7, 11) is 1.71. The highest BCUT2D eigenvalue weighted by Crippen LogP contribution is 2.36. The average molecular weight is 467 g/mol. The van der Waals surface area contributed by atoms with Gasteiger partial charge in [0.1, 0.15) is 17.6 Å². The maximum Gasteiger partial charge on any atom is 0.417 e. The molecule has 0 aromatic heterocycles. The molecule has 11 heteroatoms. The quantitative estimate of drug-likeness (QED) is 0.601. The van der Waals surface area contributed by atoms with E-state index in [0.29, 0.717) is 17.2 Å². The molecule has 3 rings (SSSR count). The number of likely N-dealkylation sites (N-methyl/N-ethyl adjacent to an activating group) is 1. The third-order valence-electron chi connectivity index (χ3n) is 4.40. The number of allylic oxidation sites excluding steroid dienone is 1. The van der Waals surface area contributed by atoms with E-state index < -0.39 is 34.7 Å². The Kier molecular flexibility index (Phi) is 6.64. The zero-order valence-electron chi connectivity index (χ0n) is 16.6. The van der Waals surface area contributed by atoms with E-state index in [9.17, 15) is 22.8 Å². The number of amides is 3. The third-order valence-corrected chi connectivity index (χ3v) is 4.73. The highest BCUT2D eigenvalue weighted by Gasteiger charge is 2.33. The Morgan fingerprint density at radius 3 is 2.34 bits per heavy atom. The minimum atomic E-state index is -4.64. The molecule has 0 aliphatic carbocycles. The van der Waals surface area contributed by atoms with Gasteiger partial charge in [0.15, 0.2) is 0 Å².